The molecular weight excluding hydrogens is 258 g/mol. The van der Waals surface area contributed by atoms with Gasteiger partial charge in [0.25, 0.3) is 0 Å². The van der Waals surface area contributed by atoms with E-state index >= 15 is 0 Å². The normalized spacial score (nSPS) is 11.1. The second-order valence-corrected chi connectivity index (χ2v) is 3.34. The molecule has 8 heteroatoms. The van der Waals surface area contributed by atoms with Gasteiger partial charge in [0.1, 0.15) is 12.2 Å². The predicted octanol–water partition coefficient (Wildman–Crippen LogP) is 2.41. The number of halogens is 4. The highest BCUT2D eigenvalue weighted by molar-refractivity contribution is 6.00. The van der Waals surface area contributed by atoms with Crippen molar-refractivity contribution in [1.29, 1.82) is 0 Å². The molecule has 1 aromatic carbocycles. The van der Waals surface area contributed by atoms with Crippen LogP contribution in [0.25, 0.3) is 0 Å². The first-order valence-corrected chi connectivity index (χ1v) is 4.58. The van der Waals surface area contributed by atoms with Crippen LogP contribution in [-0.4, -0.2) is 23.2 Å². The Morgan fingerprint density at radius 1 is 1.28 bits per heavy atom. The molecule has 2 N–H and O–H groups in total. The van der Waals surface area contributed by atoms with Crippen LogP contribution in [-0.2, 0) is 4.79 Å². The second-order valence-electron chi connectivity index (χ2n) is 3.34. The second kappa shape index (κ2) is 5.03. The van der Waals surface area contributed by atoms with Gasteiger partial charge in [0.2, 0.25) is 5.91 Å². The van der Waals surface area contributed by atoms with Crippen molar-refractivity contribution in [3.05, 3.63) is 29.6 Å². The topological polar surface area (TPSA) is 66.4 Å². The molecule has 0 aliphatic carbocycles. The van der Waals surface area contributed by atoms with Gasteiger partial charge in [-0.05, 0) is 18.2 Å². The maximum Gasteiger partial charge on any atom is 0.397 e. The highest BCUT2D eigenvalue weighted by atomic mass is 19.4. The van der Waals surface area contributed by atoms with Crippen LogP contribution in [0, 0.1) is 5.82 Å². The van der Waals surface area contributed by atoms with Crippen molar-refractivity contribution in [3.63, 3.8) is 0 Å². The molecule has 18 heavy (non-hydrogen) atoms. The molecule has 98 valence electrons. The number of carboxylic acid groups (broad SMARTS) is 1. The standard InChI is InChI=1S/C10H7F4NO3/c11-5-1-2-7(6(3-5)9(17)18)15-8(16)4-10(12,13)14/h1-3H,4H2,(H,15,16)(H,17,18). The Morgan fingerprint density at radius 3 is 2.39 bits per heavy atom. The average molecular weight is 265 g/mol. The molecule has 4 nitrogen and oxygen atoms in total. The van der Waals surface area contributed by atoms with Crippen molar-refractivity contribution >= 4 is 17.6 Å². The first-order chi connectivity index (χ1) is 8.19. The zero-order valence-electron chi connectivity index (χ0n) is 8.71. The zero-order chi connectivity index (χ0) is 13.9. The Labute approximate surface area is 98.2 Å². The fraction of sp³-hybridized carbons (Fsp3) is 0.200. The number of carboxylic acids is 1. The molecule has 1 rings (SSSR count). The summed E-state index contributed by atoms with van der Waals surface area (Å²) < 4.78 is 48.4. The van der Waals surface area contributed by atoms with Gasteiger partial charge in [-0.2, -0.15) is 13.2 Å². The van der Waals surface area contributed by atoms with E-state index in [1.165, 1.54) is 0 Å². The summed E-state index contributed by atoms with van der Waals surface area (Å²) in [4.78, 5) is 21.7. The van der Waals surface area contributed by atoms with Crippen LogP contribution in [0.4, 0.5) is 23.2 Å². The zero-order valence-corrected chi connectivity index (χ0v) is 8.71. The number of hydrogen-bond donors (Lipinski definition) is 2. The van der Waals surface area contributed by atoms with Crippen molar-refractivity contribution in [2.24, 2.45) is 0 Å². The van der Waals surface area contributed by atoms with Crippen LogP contribution in [0.1, 0.15) is 16.8 Å². The fourth-order valence-electron chi connectivity index (χ4n) is 1.18. The van der Waals surface area contributed by atoms with E-state index in [0.717, 1.165) is 12.1 Å². The number of amides is 1. The molecule has 1 aromatic rings. The highest BCUT2D eigenvalue weighted by Crippen LogP contribution is 2.22. The lowest BCUT2D eigenvalue weighted by molar-refractivity contribution is -0.150. The molecule has 0 atom stereocenters. The molecule has 0 spiro atoms. The van der Waals surface area contributed by atoms with Crippen molar-refractivity contribution in [2.75, 3.05) is 5.32 Å². The van der Waals surface area contributed by atoms with Gasteiger partial charge < -0.3 is 10.4 Å². The number of hydrogen-bond acceptors (Lipinski definition) is 2. The van der Waals surface area contributed by atoms with Crippen LogP contribution in [0.3, 0.4) is 0 Å². The SMILES string of the molecule is O=C(CC(F)(F)F)Nc1ccc(F)cc1C(=O)O. The Morgan fingerprint density at radius 2 is 1.89 bits per heavy atom. The maximum absolute atomic E-state index is 12.8. The number of aromatic carboxylic acids is 1. The summed E-state index contributed by atoms with van der Waals surface area (Å²) in [5, 5.41) is 10.5. The third-order valence-corrected chi connectivity index (χ3v) is 1.85. The van der Waals surface area contributed by atoms with E-state index in [2.05, 4.69) is 0 Å². The average Bonchev–Trinajstić information content (AvgIpc) is 2.17. The van der Waals surface area contributed by atoms with Crippen LogP contribution >= 0.6 is 0 Å². The van der Waals surface area contributed by atoms with E-state index in [1.807, 2.05) is 0 Å². The van der Waals surface area contributed by atoms with E-state index in [-0.39, 0.29) is 0 Å². The van der Waals surface area contributed by atoms with Gasteiger partial charge in [0.15, 0.2) is 0 Å². The molecule has 0 radical (unpaired) electrons. The molecule has 0 saturated heterocycles. The molecule has 0 heterocycles. The predicted molar refractivity (Wildman–Crippen MR) is 52.7 cm³/mol. The van der Waals surface area contributed by atoms with E-state index < -0.39 is 41.5 Å². The van der Waals surface area contributed by atoms with Gasteiger partial charge in [0.05, 0.1) is 11.3 Å². The minimum atomic E-state index is -4.70. The smallest absolute Gasteiger partial charge is 0.397 e. The van der Waals surface area contributed by atoms with Gasteiger partial charge in [-0.15, -0.1) is 0 Å². The van der Waals surface area contributed by atoms with E-state index in [1.54, 1.807) is 5.32 Å². The number of carbonyl (C=O) groups is 2. The maximum atomic E-state index is 12.8. The van der Waals surface area contributed by atoms with Gasteiger partial charge in [-0.1, -0.05) is 0 Å². The number of alkyl halides is 3. The van der Waals surface area contributed by atoms with Crippen LogP contribution < -0.4 is 5.32 Å². The Bertz CT molecular complexity index is 485. The molecule has 1 amide bonds. The van der Waals surface area contributed by atoms with Crippen LogP contribution in [0.2, 0.25) is 0 Å². The van der Waals surface area contributed by atoms with E-state index in [0.29, 0.717) is 6.07 Å². The molecule has 0 bridgehead atoms. The minimum absolute atomic E-state index is 0.391. The lowest BCUT2D eigenvalue weighted by atomic mass is 10.1. The molecule has 0 unspecified atom stereocenters. The van der Waals surface area contributed by atoms with Crippen molar-refractivity contribution in [2.45, 2.75) is 12.6 Å². The third kappa shape index (κ3) is 4.04. The summed E-state index contributed by atoms with van der Waals surface area (Å²) in [6, 6.07) is 2.31. The summed E-state index contributed by atoms with van der Waals surface area (Å²) >= 11 is 0. The van der Waals surface area contributed by atoms with Crippen molar-refractivity contribution in [3.8, 4) is 0 Å². The number of rotatable bonds is 3. The molecule has 0 fully saturated rings. The molecule has 0 aliphatic heterocycles. The first kappa shape index (κ1) is 13.9. The number of nitrogens with one attached hydrogen (secondary N) is 1. The van der Waals surface area contributed by atoms with Gasteiger partial charge in [-0.25, -0.2) is 9.18 Å². The molecule has 0 aromatic heterocycles. The van der Waals surface area contributed by atoms with Gasteiger partial charge in [-0.3, -0.25) is 4.79 Å². The Hall–Kier alpha value is -2.12. The number of benzene rings is 1. The van der Waals surface area contributed by atoms with Crippen LogP contribution in [0.15, 0.2) is 18.2 Å². The molecular formula is C10H7F4NO3. The first-order valence-electron chi connectivity index (χ1n) is 4.58. The number of anilines is 1. The summed E-state index contributed by atoms with van der Waals surface area (Å²) in [5.74, 6) is -3.85. The highest BCUT2D eigenvalue weighted by Gasteiger charge is 2.31. The van der Waals surface area contributed by atoms with E-state index in [4.69, 9.17) is 5.11 Å². The molecule has 0 saturated carbocycles. The van der Waals surface area contributed by atoms with Gasteiger partial charge >= 0.3 is 12.1 Å². The van der Waals surface area contributed by atoms with Gasteiger partial charge in [0, 0.05) is 0 Å². The van der Waals surface area contributed by atoms with Crippen molar-refractivity contribution in [1.82, 2.24) is 0 Å². The molecule has 0 aliphatic rings. The van der Waals surface area contributed by atoms with Crippen molar-refractivity contribution < 1.29 is 32.3 Å². The lowest BCUT2D eigenvalue weighted by Crippen LogP contribution is -2.22. The largest absolute Gasteiger partial charge is 0.478 e. The fourth-order valence-corrected chi connectivity index (χ4v) is 1.18. The monoisotopic (exact) mass is 265 g/mol. The lowest BCUT2D eigenvalue weighted by Gasteiger charge is -2.10. The minimum Gasteiger partial charge on any atom is -0.478 e. The Balaban J connectivity index is 2.91. The van der Waals surface area contributed by atoms with Crippen LogP contribution in [0.5, 0.6) is 0 Å². The summed E-state index contributed by atoms with van der Waals surface area (Å²) in [6.07, 6.45) is -6.45. The Kier molecular flexibility index (Phi) is 3.89. The quantitative estimate of drug-likeness (QED) is 0.825. The third-order valence-electron chi connectivity index (χ3n) is 1.85. The number of carbonyl (C=O) groups excluding carboxylic acids is 1. The summed E-state index contributed by atoms with van der Waals surface area (Å²) in [6.45, 7) is 0. The summed E-state index contributed by atoms with van der Waals surface area (Å²) in [5.41, 5.74) is -1.01. The summed E-state index contributed by atoms with van der Waals surface area (Å²) in [7, 11) is 0. The van der Waals surface area contributed by atoms with E-state index in [9.17, 15) is 27.2 Å².